The van der Waals surface area contributed by atoms with Gasteiger partial charge >= 0.3 is 6.18 Å². The predicted octanol–water partition coefficient (Wildman–Crippen LogP) is 5.98. The highest BCUT2D eigenvalue weighted by Gasteiger charge is 2.60. The van der Waals surface area contributed by atoms with E-state index in [1.54, 1.807) is 29.2 Å². The van der Waals surface area contributed by atoms with E-state index in [-0.39, 0.29) is 13.0 Å². The monoisotopic (exact) mass is 409 g/mol. The van der Waals surface area contributed by atoms with Gasteiger partial charge in [0.25, 0.3) is 0 Å². The molecule has 0 aromatic heterocycles. The minimum absolute atomic E-state index is 0.112. The van der Waals surface area contributed by atoms with Gasteiger partial charge in [0.2, 0.25) is 0 Å². The molecule has 2 aromatic carbocycles. The van der Waals surface area contributed by atoms with Crippen LogP contribution in [0.3, 0.4) is 0 Å². The van der Waals surface area contributed by atoms with Crippen molar-refractivity contribution in [2.24, 2.45) is 0 Å². The number of rotatable bonds is 3. The quantitative estimate of drug-likeness (QED) is 0.342. The Morgan fingerprint density at radius 2 is 1.69 bits per heavy atom. The van der Waals surface area contributed by atoms with Crippen molar-refractivity contribution >= 4 is 23.2 Å². The molecule has 0 N–H and O–H groups in total. The Bertz CT molecular complexity index is 809. The van der Waals surface area contributed by atoms with Gasteiger partial charge in [-0.3, -0.25) is 4.90 Å². The van der Waals surface area contributed by atoms with E-state index in [2.05, 4.69) is 0 Å². The highest BCUT2D eigenvalue weighted by molar-refractivity contribution is 6.35. The molecule has 1 heterocycles. The number of nitrogens with zero attached hydrogens (tertiary/aromatic N) is 1. The lowest BCUT2D eigenvalue weighted by Gasteiger charge is -2.33. The van der Waals surface area contributed by atoms with Gasteiger partial charge in [-0.05, 0) is 24.6 Å². The third-order valence-electron chi connectivity index (χ3n) is 4.76. The fourth-order valence-electron chi connectivity index (χ4n) is 3.39. The van der Waals surface area contributed by atoms with Crippen LogP contribution < -0.4 is 0 Å². The Balaban J connectivity index is 2.00. The first-order valence-corrected chi connectivity index (χ1v) is 8.58. The van der Waals surface area contributed by atoms with Gasteiger partial charge in [0, 0.05) is 18.7 Å². The van der Waals surface area contributed by atoms with Crippen LogP contribution in [0.1, 0.15) is 17.5 Å². The number of halogens is 7. The zero-order valence-corrected chi connectivity index (χ0v) is 14.9. The summed E-state index contributed by atoms with van der Waals surface area (Å²) >= 11 is 11.2. The van der Waals surface area contributed by atoms with Crippen molar-refractivity contribution in [3.8, 4) is 0 Å². The van der Waals surface area contributed by atoms with E-state index >= 15 is 0 Å². The van der Waals surface area contributed by atoms with Crippen molar-refractivity contribution in [2.75, 3.05) is 13.1 Å². The lowest BCUT2D eigenvalue weighted by molar-refractivity contribution is -0.187. The molecule has 1 aliphatic rings. The molecule has 1 atom stereocenters. The molecule has 1 unspecified atom stereocenters. The van der Waals surface area contributed by atoms with E-state index in [1.807, 2.05) is 6.07 Å². The molecule has 0 aliphatic carbocycles. The van der Waals surface area contributed by atoms with Crippen LogP contribution in [-0.4, -0.2) is 24.2 Å². The highest BCUT2D eigenvalue weighted by Crippen LogP contribution is 2.50. The van der Waals surface area contributed by atoms with Gasteiger partial charge in [0.1, 0.15) is 16.3 Å². The Morgan fingerprint density at radius 1 is 1.04 bits per heavy atom. The Kier molecular flexibility index (Phi) is 5.21. The van der Waals surface area contributed by atoms with Gasteiger partial charge < -0.3 is 0 Å². The summed E-state index contributed by atoms with van der Waals surface area (Å²) in [5.41, 5.74) is -2.36. The summed E-state index contributed by atoms with van der Waals surface area (Å²) < 4.78 is 70.1. The number of hydrogen-bond donors (Lipinski definition) is 0. The first-order valence-electron chi connectivity index (χ1n) is 7.82. The minimum atomic E-state index is -4.75. The van der Waals surface area contributed by atoms with Crippen LogP contribution in [0.5, 0.6) is 0 Å². The topological polar surface area (TPSA) is 3.24 Å². The van der Waals surface area contributed by atoms with E-state index < -0.39 is 45.4 Å². The molecule has 0 spiro atoms. The van der Waals surface area contributed by atoms with Crippen molar-refractivity contribution in [1.82, 2.24) is 4.90 Å². The summed E-state index contributed by atoms with van der Waals surface area (Å²) in [4.78, 5) is 1.59. The third kappa shape index (κ3) is 3.30. The molecule has 1 nitrogen and oxygen atoms in total. The molecule has 26 heavy (non-hydrogen) atoms. The minimum Gasteiger partial charge on any atom is -0.298 e. The van der Waals surface area contributed by atoms with Crippen LogP contribution in [-0.2, 0) is 12.0 Å². The van der Waals surface area contributed by atoms with Gasteiger partial charge in [-0.25, -0.2) is 8.78 Å². The summed E-state index contributed by atoms with van der Waals surface area (Å²) in [7, 11) is 0. The van der Waals surface area contributed by atoms with Crippen LogP contribution in [0.2, 0.25) is 10.0 Å². The van der Waals surface area contributed by atoms with Crippen molar-refractivity contribution in [3.63, 3.8) is 0 Å². The number of benzene rings is 2. The van der Waals surface area contributed by atoms with E-state index in [1.165, 1.54) is 0 Å². The maximum Gasteiger partial charge on any atom is 0.399 e. The third-order valence-corrected chi connectivity index (χ3v) is 5.37. The predicted molar refractivity (Wildman–Crippen MR) is 90.4 cm³/mol. The molecule has 1 saturated heterocycles. The van der Waals surface area contributed by atoms with Crippen molar-refractivity contribution in [1.29, 1.82) is 0 Å². The number of hydrogen-bond acceptors (Lipinski definition) is 1. The second kappa shape index (κ2) is 6.98. The van der Waals surface area contributed by atoms with Gasteiger partial charge in [0.15, 0.2) is 5.82 Å². The second-order valence-electron chi connectivity index (χ2n) is 6.37. The average molecular weight is 410 g/mol. The lowest BCUT2D eigenvalue weighted by Crippen LogP contribution is -2.45. The smallest absolute Gasteiger partial charge is 0.298 e. The van der Waals surface area contributed by atoms with E-state index in [4.69, 9.17) is 23.2 Å². The maximum atomic E-state index is 14.5. The molecule has 0 amide bonds. The van der Waals surface area contributed by atoms with Gasteiger partial charge in [-0.1, -0.05) is 53.5 Å². The fourth-order valence-corrected chi connectivity index (χ4v) is 3.85. The molecule has 0 bridgehead atoms. The van der Waals surface area contributed by atoms with Crippen LogP contribution in [0.4, 0.5) is 22.0 Å². The van der Waals surface area contributed by atoms with Crippen LogP contribution in [0.15, 0.2) is 36.4 Å². The summed E-state index contributed by atoms with van der Waals surface area (Å²) in [6.07, 6.45) is -5.11. The first kappa shape index (κ1) is 19.4. The van der Waals surface area contributed by atoms with E-state index in [0.717, 1.165) is 5.56 Å². The average Bonchev–Trinajstić information content (AvgIpc) is 3.02. The van der Waals surface area contributed by atoms with Gasteiger partial charge in [-0.2, -0.15) is 13.2 Å². The molecule has 1 aliphatic heterocycles. The Labute approximate surface area is 157 Å². The first-order chi connectivity index (χ1) is 12.2. The largest absolute Gasteiger partial charge is 0.399 e. The summed E-state index contributed by atoms with van der Waals surface area (Å²) in [5, 5.41) is -1.64. The molecule has 2 aromatic rings. The summed E-state index contributed by atoms with van der Waals surface area (Å²) in [6, 6.07) is 9.71. The fraction of sp³-hybridized carbons (Fsp3) is 0.333. The van der Waals surface area contributed by atoms with Gasteiger partial charge in [-0.15, -0.1) is 0 Å². The Hall–Kier alpha value is -1.37. The highest BCUT2D eigenvalue weighted by atomic mass is 35.5. The van der Waals surface area contributed by atoms with Crippen LogP contribution in [0, 0.1) is 11.6 Å². The van der Waals surface area contributed by atoms with Gasteiger partial charge in [0.05, 0.1) is 5.02 Å². The summed E-state index contributed by atoms with van der Waals surface area (Å²) in [5.74, 6) is -2.67. The van der Waals surface area contributed by atoms with Crippen molar-refractivity contribution in [2.45, 2.75) is 24.6 Å². The molecule has 3 rings (SSSR count). The van der Waals surface area contributed by atoms with Crippen molar-refractivity contribution in [3.05, 3.63) is 69.2 Å². The molecular formula is C18H14Cl2F5N. The second-order valence-corrected chi connectivity index (χ2v) is 7.16. The maximum absolute atomic E-state index is 14.5. The molecule has 0 radical (unpaired) electrons. The van der Waals surface area contributed by atoms with Crippen LogP contribution in [0.25, 0.3) is 0 Å². The molecule has 8 heteroatoms. The summed E-state index contributed by atoms with van der Waals surface area (Å²) in [6.45, 7) is -0.0516. The molecule has 0 saturated carbocycles. The van der Waals surface area contributed by atoms with E-state index in [9.17, 15) is 22.0 Å². The lowest BCUT2D eigenvalue weighted by atomic mass is 9.78. The molecule has 140 valence electrons. The number of likely N-dealkylation sites (tertiary alicyclic amines) is 1. The molecule has 1 fully saturated rings. The van der Waals surface area contributed by atoms with Crippen molar-refractivity contribution < 1.29 is 22.0 Å². The zero-order chi connectivity index (χ0) is 19.1. The zero-order valence-electron chi connectivity index (χ0n) is 13.4. The molecular weight excluding hydrogens is 396 g/mol. The SMILES string of the molecule is Fc1c(Cl)cc(C2(C(F)(F)F)CCN(Cc3ccccc3)C2)c(F)c1Cl. The number of alkyl halides is 3. The van der Waals surface area contributed by atoms with Crippen LogP contribution >= 0.6 is 23.2 Å². The standard InChI is InChI=1S/C18H14Cl2F5N/c19-13-8-12(15(21)14(20)16(13)22)17(18(23,24)25)6-7-26(10-17)9-11-4-2-1-3-5-11/h1-5,8H,6-7,9-10H2. The Morgan fingerprint density at radius 3 is 2.31 bits per heavy atom. The normalized spacial score (nSPS) is 21.3. The van der Waals surface area contributed by atoms with E-state index in [0.29, 0.717) is 12.6 Å².